The summed E-state index contributed by atoms with van der Waals surface area (Å²) >= 11 is 0. The highest BCUT2D eigenvalue weighted by Crippen LogP contribution is 2.23. The molecule has 0 bridgehead atoms. The van der Waals surface area contributed by atoms with Gasteiger partial charge in [-0.1, -0.05) is 12.1 Å². The van der Waals surface area contributed by atoms with Crippen molar-refractivity contribution >= 4 is 22.8 Å². The number of para-hydroxylation sites is 1. The fourth-order valence-corrected chi connectivity index (χ4v) is 2.78. The van der Waals surface area contributed by atoms with Gasteiger partial charge in [-0.05, 0) is 30.9 Å². The number of rotatable bonds is 4. The molecule has 1 amide bonds. The van der Waals surface area contributed by atoms with E-state index in [4.69, 9.17) is 9.15 Å². The van der Waals surface area contributed by atoms with Crippen LogP contribution in [0.2, 0.25) is 0 Å². The van der Waals surface area contributed by atoms with Crippen molar-refractivity contribution in [3.05, 3.63) is 35.8 Å². The van der Waals surface area contributed by atoms with Gasteiger partial charge < -0.3 is 19.6 Å². The molecule has 1 aromatic carbocycles. The van der Waals surface area contributed by atoms with Crippen molar-refractivity contribution in [1.29, 1.82) is 0 Å². The van der Waals surface area contributed by atoms with Crippen molar-refractivity contribution in [3.8, 4) is 0 Å². The smallest absolute Gasteiger partial charge is 0.326 e. The predicted molar refractivity (Wildman–Crippen MR) is 78.6 cm³/mol. The zero-order chi connectivity index (χ0) is 16.4. The van der Waals surface area contributed by atoms with E-state index in [1.165, 1.54) is 18.2 Å². The van der Waals surface area contributed by atoms with E-state index in [9.17, 15) is 19.1 Å². The average molecular weight is 321 g/mol. The number of nitrogens with one attached hydrogen (secondary N) is 1. The fourth-order valence-electron chi connectivity index (χ4n) is 2.78. The normalized spacial score (nSPS) is 17.1. The van der Waals surface area contributed by atoms with Crippen LogP contribution < -0.4 is 5.32 Å². The minimum Gasteiger partial charge on any atom is -0.480 e. The topological polar surface area (TPSA) is 88.8 Å². The number of furan rings is 1. The van der Waals surface area contributed by atoms with Crippen molar-refractivity contribution in [2.24, 2.45) is 5.92 Å². The molecule has 0 spiro atoms. The van der Waals surface area contributed by atoms with Crippen LogP contribution in [-0.4, -0.2) is 36.2 Å². The average Bonchev–Trinajstić information content (AvgIpc) is 2.99. The molecule has 1 aliphatic heterocycles. The third-order valence-corrected chi connectivity index (χ3v) is 4.01. The van der Waals surface area contributed by atoms with Crippen molar-refractivity contribution < 1.29 is 28.2 Å². The molecule has 1 saturated heterocycles. The molecule has 1 atom stereocenters. The summed E-state index contributed by atoms with van der Waals surface area (Å²) in [6.45, 7) is 0.945. The summed E-state index contributed by atoms with van der Waals surface area (Å²) in [6.07, 6.45) is 1.12. The lowest BCUT2D eigenvalue weighted by molar-refractivity contribution is -0.141. The lowest BCUT2D eigenvalue weighted by Gasteiger charge is -2.27. The van der Waals surface area contributed by atoms with E-state index in [-0.39, 0.29) is 17.3 Å². The molecule has 2 N–H and O–H groups in total. The van der Waals surface area contributed by atoms with Crippen molar-refractivity contribution in [1.82, 2.24) is 5.32 Å². The molecule has 6 nitrogen and oxygen atoms in total. The lowest BCUT2D eigenvalue weighted by atomic mass is 9.91. The van der Waals surface area contributed by atoms with Crippen LogP contribution >= 0.6 is 0 Å². The summed E-state index contributed by atoms with van der Waals surface area (Å²) in [5.41, 5.74) is -0.0180. The Kier molecular flexibility index (Phi) is 4.29. The number of hydrogen-bond acceptors (Lipinski definition) is 4. The van der Waals surface area contributed by atoms with Gasteiger partial charge in [-0.3, -0.25) is 4.79 Å². The van der Waals surface area contributed by atoms with E-state index in [1.807, 2.05) is 0 Å². The van der Waals surface area contributed by atoms with Gasteiger partial charge in [-0.2, -0.15) is 0 Å². The van der Waals surface area contributed by atoms with Gasteiger partial charge in [0.05, 0.1) is 0 Å². The van der Waals surface area contributed by atoms with Crippen molar-refractivity contribution in [2.45, 2.75) is 18.9 Å². The maximum absolute atomic E-state index is 13.6. The summed E-state index contributed by atoms with van der Waals surface area (Å²) in [5, 5.41) is 12.3. The number of hydrogen-bond donors (Lipinski definition) is 2. The first-order chi connectivity index (χ1) is 11.1. The molecule has 122 valence electrons. The van der Waals surface area contributed by atoms with Crippen molar-refractivity contribution in [3.63, 3.8) is 0 Å². The maximum atomic E-state index is 13.6. The quantitative estimate of drug-likeness (QED) is 0.901. The van der Waals surface area contributed by atoms with Gasteiger partial charge >= 0.3 is 5.97 Å². The molecule has 3 rings (SSSR count). The summed E-state index contributed by atoms with van der Waals surface area (Å²) in [6, 6.07) is 4.74. The first-order valence-corrected chi connectivity index (χ1v) is 7.35. The van der Waals surface area contributed by atoms with E-state index in [0.29, 0.717) is 31.4 Å². The second-order valence-electron chi connectivity index (χ2n) is 5.51. The number of carboxylic acids is 1. The SMILES string of the molecule is O=C(NC(C(=O)O)C1CCOCC1)c1cc2cccc(F)c2o1. The Hall–Kier alpha value is -2.41. The number of carbonyl (C=O) groups is 2. The molecule has 1 aromatic heterocycles. The van der Waals surface area contributed by atoms with Gasteiger partial charge in [0.1, 0.15) is 6.04 Å². The Balaban J connectivity index is 1.80. The number of benzene rings is 1. The number of aliphatic carboxylic acids is 1. The number of amides is 1. The summed E-state index contributed by atoms with van der Waals surface area (Å²) in [5.74, 6) is -2.65. The number of fused-ring (bicyclic) bond motifs is 1. The molecule has 0 saturated carbocycles. The number of carboxylic acid groups (broad SMARTS) is 1. The van der Waals surface area contributed by atoms with Gasteiger partial charge in [-0.15, -0.1) is 0 Å². The third kappa shape index (κ3) is 3.19. The molecule has 2 aromatic rings. The van der Waals surface area contributed by atoms with Gasteiger partial charge in [0.2, 0.25) is 0 Å². The standard InChI is InChI=1S/C16H16FNO5/c17-11-3-1-2-10-8-12(23-14(10)11)15(19)18-13(16(20)21)9-4-6-22-7-5-9/h1-3,8-9,13H,4-7H2,(H,18,19)(H,20,21). The second-order valence-corrected chi connectivity index (χ2v) is 5.51. The first kappa shape index (κ1) is 15.5. The summed E-state index contributed by atoms with van der Waals surface area (Å²) in [7, 11) is 0. The Morgan fingerprint density at radius 2 is 2.04 bits per heavy atom. The van der Waals surface area contributed by atoms with E-state index in [0.717, 1.165) is 0 Å². The molecule has 2 heterocycles. The van der Waals surface area contributed by atoms with Gasteiger partial charge in [0.25, 0.3) is 5.91 Å². The Morgan fingerprint density at radius 1 is 1.30 bits per heavy atom. The van der Waals surface area contributed by atoms with Crippen LogP contribution in [0.25, 0.3) is 11.0 Å². The molecule has 0 aliphatic carbocycles. The van der Waals surface area contributed by atoms with E-state index in [1.54, 1.807) is 6.07 Å². The number of ether oxygens (including phenoxy) is 1. The zero-order valence-corrected chi connectivity index (χ0v) is 12.3. The largest absolute Gasteiger partial charge is 0.480 e. The minimum atomic E-state index is -1.10. The monoisotopic (exact) mass is 321 g/mol. The molecule has 7 heteroatoms. The molecule has 1 aliphatic rings. The molecule has 1 fully saturated rings. The van der Waals surface area contributed by atoms with Crippen LogP contribution in [0, 0.1) is 11.7 Å². The Labute approximate surface area is 131 Å². The predicted octanol–water partition coefficient (Wildman–Crippen LogP) is 2.18. The Bertz CT molecular complexity index is 735. The van der Waals surface area contributed by atoms with Gasteiger partial charge in [-0.25, -0.2) is 9.18 Å². The van der Waals surface area contributed by atoms with Crippen LogP contribution in [0.1, 0.15) is 23.4 Å². The highest BCUT2D eigenvalue weighted by Gasteiger charge is 2.32. The van der Waals surface area contributed by atoms with Crippen molar-refractivity contribution in [2.75, 3.05) is 13.2 Å². The highest BCUT2D eigenvalue weighted by molar-refractivity contribution is 5.98. The molecule has 1 unspecified atom stereocenters. The highest BCUT2D eigenvalue weighted by atomic mass is 19.1. The first-order valence-electron chi connectivity index (χ1n) is 7.35. The van der Waals surface area contributed by atoms with Crippen LogP contribution in [0.4, 0.5) is 4.39 Å². The van der Waals surface area contributed by atoms with Crippen LogP contribution in [0.15, 0.2) is 28.7 Å². The van der Waals surface area contributed by atoms with Crippen LogP contribution in [-0.2, 0) is 9.53 Å². The lowest BCUT2D eigenvalue weighted by Crippen LogP contribution is -2.47. The Morgan fingerprint density at radius 3 is 2.70 bits per heavy atom. The molecule has 0 radical (unpaired) electrons. The fraction of sp³-hybridized carbons (Fsp3) is 0.375. The molecular formula is C16H16FNO5. The molecular weight excluding hydrogens is 305 g/mol. The third-order valence-electron chi connectivity index (χ3n) is 4.01. The molecule has 23 heavy (non-hydrogen) atoms. The van der Waals surface area contributed by atoms with E-state index >= 15 is 0 Å². The van der Waals surface area contributed by atoms with E-state index < -0.39 is 23.7 Å². The van der Waals surface area contributed by atoms with Crippen LogP contribution in [0.3, 0.4) is 0 Å². The van der Waals surface area contributed by atoms with Gasteiger partial charge in [0.15, 0.2) is 17.2 Å². The number of carbonyl (C=O) groups excluding carboxylic acids is 1. The van der Waals surface area contributed by atoms with Crippen LogP contribution in [0.5, 0.6) is 0 Å². The van der Waals surface area contributed by atoms with E-state index in [2.05, 4.69) is 5.32 Å². The number of halogens is 1. The maximum Gasteiger partial charge on any atom is 0.326 e. The minimum absolute atomic E-state index is 0.0180. The summed E-state index contributed by atoms with van der Waals surface area (Å²) in [4.78, 5) is 23.7. The zero-order valence-electron chi connectivity index (χ0n) is 12.3. The summed E-state index contributed by atoms with van der Waals surface area (Å²) < 4.78 is 24.0. The second kappa shape index (κ2) is 6.37. The van der Waals surface area contributed by atoms with Gasteiger partial charge in [0, 0.05) is 18.6 Å².